The van der Waals surface area contributed by atoms with Gasteiger partial charge in [-0.05, 0) is 38.5 Å². The summed E-state index contributed by atoms with van der Waals surface area (Å²) in [6, 6.07) is 0. The number of nitrogens with two attached hydrogens (primary N) is 1. The molecule has 4 heteroatoms. The fraction of sp³-hybridized carbons (Fsp3) is 0.929. The number of likely N-dealkylation sites (N-methyl/N-ethyl adjacent to an activating group) is 1. The largest absolute Gasteiger partial charge is 0.361 e. The maximum atomic E-state index is 11.5. The number of ether oxygens (including phenoxy) is 1. The lowest BCUT2D eigenvalue weighted by atomic mass is 9.77. The van der Waals surface area contributed by atoms with Gasteiger partial charge in [-0.25, -0.2) is 0 Å². The summed E-state index contributed by atoms with van der Waals surface area (Å²) < 4.78 is 5.97. The molecule has 1 aliphatic carbocycles. The lowest BCUT2D eigenvalue weighted by Gasteiger charge is -2.40. The molecule has 1 aliphatic rings. The van der Waals surface area contributed by atoms with E-state index in [0.29, 0.717) is 6.54 Å². The van der Waals surface area contributed by atoms with Gasteiger partial charge < -0.3 is 15.8 Å². The van der Waals surface area contributed by atoms with Crippen LogP contribution in [-0.2, 0) is 9.53 Å². The van der Waals surface area contributed by atoms with Gasteiger partial charge in [-0.3, -0.25) is 4.79 Å². The molecule has 4 nitrogen and oxygen atoms in total. The first-order valence-electron chi connectivity index (χ1n) is 7.16. The number of hydrogen-bond donors (Lipinski definition) is 2. The third-order valence-electron chi connectivity index (χ3n) is 4.13. The topological polar surface area (TPSA) is 64.3 Å². The highest BCUT2D eigenvalue weighted by atomic mass is 16.5. The van der Waals surface area contributed by atoms with E-state index in [-0.39, 0.29) is 11.5 Å². The maximum absolute atomic E-state index is 11.5. The minimum absolute atomic E-state index is 0.0708. The van der Waals surface area contributed by atoms with Crippen LogP contribution >= 0.6 is 0 Å². The molecule has 18 heavy (non-hydrogen) atoms. The Morgan fingerprint density at radius 2 is 2.11 bits per heavy atom. The molecule has 0 heterocycles. The van der Waals surface area contributed by atoms with Crippen molar-refractivity contribution in [3.05, 3.63) is 0 Å². The van der Waals surface area contributed by atoms with E-state index >= 15 is 0 Å². The molecule has 1 amide bonds. The summed E-state index contributed by atoms with van der Waals surface area (Å²) in [5.41, 5.74) is 5.61. The molecule has 1 atom stereocenters. The molecule has 0 spiro atoms. The summed E-state index contributed by atoms with van der Waals surface area (Å²) in [6.45, 7) is 4.54. The molecule has 0 saturated heterocycles. The highest BCUT2D eigenvalue weighted by Crippen LogP contribution is 2.36. The SMILES string of the molecule is CCCC1CCC(CN)(OC(C)C(=O)NC)CC1. The van der Waals surface area contributed by atoms with Crippen LogP contribution in [0.1, 0.15) is 52.4 Å². The summed E-state index contributed by atoms with van der Waals surface area (Å²) in [7, 11) is 1.63. The van der Waals surface area contributed by atoms with E-state index in [1.165, 1.54) is 25.7 Å². The Kier molecular flexibility index (Phi) is 6.09. The Morgan fingerprint density at radius 3 is 2.56 bits per heavy atom. The Bertz CT molecular complexity index is 261. The van der Waals surface area contributed by atoms with E-state index in [0.717, 1.165) is 18.8 Å². The van der Waals surface area contributed by atoms with E-state index in [2.05, 4.69) is 12.2 Å². The van der Waals surface area contributed by atoms with Crippen molar-refractivity contribution in [2.45, 2.75) is 64.1 Å². The Morgan fingerprint density at radius 1 is 1.50 bits per heavy atom. The van der Waals surface area contributed by atoms with Crippen LogP contribution in [0.25, 0.3) is 0 Å². The lowest BCUT2D eigenvalue weighted by Crippen LogP contribution is -2.48. The zero-order valence-corrected chi connectivity index (χ0v) is 12.0. The summed E-state index contributed by atoms with van der Waals surface area (Å²) >= 11 is 0. The zero-order valence-electron chi connectivity index (χ0n) is 12.0. The third kappa shape index (κ3) is 3.95. The third-order valence-corrected chi connectivity index (χ3v) is 4.13. The van der Waals surface area contributed by atoms with Gasteiger partial charge in [0.1, 0.15) is 6.10 Å². The quantitative estimate of drug-likeness (QED) is 0.762. The van der Waals surface area contributed by atoms with Crippen molar-refractivity contribution in [1.82, 2.24) is 5.32 Å². The highest BCUT2D eigenvalue weighted by molar-refractivity contribution is 5.80. The number of carbonyl (C=O) groups is 1. The van der Waals surface area contributed by atoms with E-state index in [9.17, 15) is 4.79 Å². The van der Waals surface area contributed by atoms with Crippen molar-refractivity contribution in [3.8, 4) is 0 Å². The highest BCUT2D eigenvalue weighted by Gasteiger charge is 2.37. The van der Waals surface area contributed by atoms with Gasteiger partial charge in [0.15, 0.2) is 0 Å². The summed E-state index contributed by atoms with van der Waals surface area (Å²) in [5, 5.41) is 2.62. The van der Waals surface area contributed by atoms with Crippen LogP contribution in [0, 0.1) is 5.92 Å². The zero-order chi connectivity index (χ0) is 13.6. The van der Waals surface area contributed by atoms with Crippen LogP contribution in [0.3, 0.4) is 0 Å². The second kappa shape index (κ2) is 7.10. The van der Waals surface area contributed by atoms with Gasteiger partial charge in [0.05, 0.1) is 5.60 Å². The normalized spacial score (nSPS) is 29.9. The summed E-state index contributed by atoms with van der Waals surface area (Å²) in [6.07, 6.45) is 6.44. The van der Waals surface area contributed by atoms with Crippen LogP contribution < -0.4 is 11.1 Å². The molecule has 1 rings (SSSR count). The molecule has 0 bridgehead atoms. The standard InChI is InChI=1S/C14H28N2O2/c1-4-5-12-6-8-14(10-15,9-7-12)18-11(2)13(17)16-3/h11-12H,4-10,15H2,1-3H3,(H,16,17). The first-order valence-corrected chi connectivity index (χ1v) is 7.16. The van der Waals surface area contributed by atoms with Gasteiger partial charge in [-0.2, -0.15) is 0 Å². The Balaban J connectivity index is 2.52. The second-order valence-electron chi connectivity index (χ2n) is 5.49. The van der Waals surface area contributed by atoms with Crippen molar-refractivity contribution < 1.29 is 9.53 Å². The van der Waals surface area contributed by atoms with Crippen LogP contribution in [0.4, 0.5) is 0 Å². The van der Waals surface area contributed by atoms with Crippen LogP contribution in [0.2, 0.25) is 0 Å². The molecule has 1 saturated carbocycles. The maximum Gasteiger partial charge on any atom is 0.248 e. The molecule has 0 aromatic heterocycles. The smallest absolute Gasteiger partial charge is 0.248 e. The van der Waals surface area contributed by atoms with Crippen molar-refractivity contribution in [2.24, 2.45) is 11.7 Å². The van der Waals surface area contributed by atoms with E-state index in [1.807, 2.05) is 0 Å². The first-order chi connectivity index (χ1) is 8.56. The number of hydrogen-bond acceptors (Lipinski definition) is 3. The van der Waals surface area contributed by atoms with Crippen LogP contribution in [0.15, 0.2) is 0 Å². The van der Waals surface area contributed by atoms with Gasteiger partial charge in [0.25, 0.3) is 0 Å². The van der Waals surface area contributed by atoms with Gasteiger partial charge in [0, 0.05) is 13.6 Å². The number of rotatable bonds is 6. The Hall–Kier alpha value is -0.610. The number of amides is 1. The molecule has 0 aliphatic heterocycles. The van der Waals surface area contributed by atoms with Crippen molar-refractivity contribution in [3.63, 3.8) is 0 Å². The predicted molar refractivity (Wildman–Crippen MR) is 73.3 cm³/mol. The van der Waals surface area contributed by atoms with E-state index < -0.39 is 6.10 Å². The minimum atomic E-state index is -0.415. The molecule has 106 valence electrons. The fourth-order valence-corrected chi connectivity index (χ4v) is 2.90. The molecule has 0 aromatic carbocycles. The molecule has 3 N–H and O–H groups in total. The monoisotopic (exact) mass is 256 g/mol. The fourth-order valence-electron chi connectivity index (χ4n) is 2.90. The lowest BCUT2D eigenvalue weighted by molar-refractivity contribution is -0.150. The molecule has 0 aromatic rings. The molecular weight excluding hydrogens is 228 g/mol. The summed E-state index contributed by atoms with van der Waals surface area (Å²) in [5.74, 6) is 0.743. The molecule has 1 fully saturated rings. The first kappa shape index (κ1) is 15.4. The average Bonchev–Trinajstić information content (AvgIpc) is 2.40. The predicted octanol–water partition coefficient (Wildman–Crippen LogP) is 1.83. The van der Waals surface area contributed by atoms with Gasteiger partial charge >= 0.3 is 0 Å². The summed E-state index contributed by atoms with van der Waals surface area (Å²) in [4.78, 5) is 11.5. The Labute approximate surface area is 111 Å². The van der Waals surface area contributed by atoms with Crippen molar-refractivity contribution in [1.29, 1.82) is 0 Å². The minimum Gasteiger partial charge on any atom is -0.361 e. The van der Waals surface area contributed by atoms with Crippen LogP contribution in [0.5, 0.6) is 0 Å². The number of carbonyl (C=O) groups excluding carboxylic acids is 1. The van der Waals surface area contributed by atoms with Crippen molar-refractivity contribution >= 4 is 5.91 Å². The van der Waals surface area contributed by atoms with E-state index in [4.69, 9.17) is 10.5 Å². The van der Waals surface area contributed by atoms with Gasteiger partial charge in [-0.15, -0.1) is 0 Å². The van der Waals surface area contributed by atoms with E-state index in [1.54, 1.807) is 14.0 Å². The second-order valence-corrected chi connectivity index (χ2v) is 5.49. The molecular formula is C14H28N2O2. The van der Waals surface area contributed by atoms with Gasteiger partial charge in [0.2, 0.25) is 5.91 Å². The molecule has 1 unspecified atom stereocenters. The van der Waals surface area contributed by atoms with Crippen molar-refractivity contribution in [2.75, 3.05) is 13.6 Å². The van der Waals surface area contributed by atoms with Gasteiger partial charge in [-0.1, -0.05) is 19.8 Å². The van der Waals surface area contributed by atoms with Crippen LogP contribution in [-0.4, -0.2) is 31.2 Å². The average molecular weight is 256 g/mol. The number of nitrogens with one attached hydrogen (secondary N) is 1. The molecule has 0 radical (unpaired) electrons.